The third-order valence-electron chi connectivity index (χ3n) is 2.39. The molecule has 0 saturated heterocycles. The van der Waals surface area contributed by atoms with E-state index in [1.54, 1.807) is 12.1 Å². The molecule has 0 amide bonds. The van der Waals surface area contributed by atoms with Gasteiger partial charge in [-0.2, -0.15) is 5.26 Å². The average molecular weight is 254 g/mol. The second-order valence-electron chi connectivity index (χ2n) is 4.12. The molecule has 0 aliphatic rings. The first kappa shape index (κ1) is 13.8. The maximum atomic E-state index is 9.96. The van der Waals surface area contributed by atoms with E-state index < -0.39 is 6.10 Å². The van der Waals surface area contributed by atoms with Crippen molar-refractivity contribution in [3.05, 3.63) is 28.3 Å². The Bertz CT molecular complexity index is 440. The van der Waals surface area contributed by atoms with Crippen LogP contribution in [0.1, 0.15) is 31.1 Å². The Morgan fingerprint density at radius 2 is 2.18 bits per heavy atom. The van der Waals surface area contributed by atoms with Crippen molar-refractivity contribution in [1.29, 1.82) is 5.26 Å². The van der Waals surface area contributed by atoms with Gasteiger partial charge in [0.15, 0.2) is 0 Å². The Kier molecular flexibility index (Phi) is 4.76. The van der Waals surface area contributed by atoms with Gasteiger partial charge in [0.1, 0.15) is 6.07 Å². The van der Waals surface area contributed by atoms with Crippen LogP contribution in [0.5, 0.6) is 0 Å². The number of rotatable bonds is 4. The topological polar surface area (TPSA) is 82.1 Å². The van der Waals surface area contributed by atoms with E-state index in [1.807, 2.05) is 19.9 Å². The standard InChI is InChI=1S/C12H16ClN3O/c1-7(2)16-6-11(17)8-3-4-10(15)9(5-14)12(8)13/h3-4,7,11,16-17H,6,15H2,1-2H3. The van der Waals surface area contributed by atoms with Crippen molar-refractivity contribution in [2.24, 2.45) is 0 Å². The van der Waals surface area contributed by atoms with Gasteiger partial charge < -0.3 is 16.2 Å². The van der Waals surface area contributed by atoms with Crippen molar-refractivity contribution in [2.45, 2.75) is 26.0 Å². The van der Waals surface area contributed by atoms with Crippen LogP contribution in [0.3, 0.4) is 0 Å². The summed E-state index contributed by atoms with van der Waals surface area (Å²) in [6.45, 7) is 4.35. The molecule has 4 nitrogen and oxygen atoms in total. The predicted octanol–water partition coefficient (Wildman–Crippen LogP) is 1.83. The summed E-state index contributed by atoms with van der Waals surface area (Å²) in [5.41, 5.74) is 6.68. The highest BCUT2D eigenvalue weighted by Crippen LogP contribution is 2.29. The molecule has 92 valence electrons. The number of hydrogen-bond acceptors (Lipinski definition) is 4. The molecule has 17 heavy (non-hydrogen) atoms. The maximum Gasteiger partial charge on any atom is 0.103 e. The van der Waals surface area contributed by atoms with E-state index in [0.29, 0.717) is 17.8 Å². The van der Waals surface area contributed by atoms with Crippen molar-refractivity contribution < 1.29 is 5.11 Å². The number of benzene rings is 1. The van der Waals surface area contributed by atoms with Crippen LogP contribution < -0.4 is 11.1 Å². The third-order valence-corrected chi connectivity index (χ3v) is 2.80. The molecule has 1 rings (SSSR count). The zero-order chi connectivity index (χ0) is 13.0. The van der Waals surface area contributed by atoms with Gasteiger partial charge in [0, 0.05) is 18.2 Å². The minimum atomic E-state index is -0.752. The molecule has 1 aromatic rings. The number of hydrogen-bond donors (Lipinski definition) is 3. The first-order chi connectivity index (χ1) is 7.97. The van der Waals surface area contributed by atoms with Crippen LogP contribution in [0.2, 0.25) is 5.02 Å². The second-order valence-corrected chi connectivity index (χ2v) is 4.50. The fraction of sp³-hybridized carbons (Fsp3) is 0.417. The smallest absolute Gasteiger partial charge is 0.103 e. The summed E-state index contributed by atoms with van der Waals surface area (Å²) in [6, 6.07) is 5.43. The summed E-state index contributed by atoms with van der Waals surface area (Å²) < 4.78 is 0. The monoisotopic (exact) mass is 253 g/mol. The zero-order valence-electron chi connectivity index (χ0n) is 9.87. The van der Waals surface area contributed by atoms with Crippen LogP contribution in [0, 0.1) is 11.3 Å². The first-order valence-corrected chi connectivity index (χ1v) is 5.74. The minimum Gasteiger partial charge on any atom is -0.398 e. The highest BCUT2D eigenvalue weighted by molar-refractivity contribution is 6.33. The number of nitrogens with two attached hydrogens (primary N) is 1. The van der Waals surface area contributed by atoms with Gasteiger partial charge in [-0.3, -0.25) is 0 Å². The Morgan fingerprint density at radius 1 is 1.53 bits per heavy atom. The van der Waals surface area contributed by atoms with Gasteiger partial charge in [0.25, 0.3) is 0 Å². The van der Waals surface area contributed by atoms with Gasteiger partial charge in [-0.25, -0.2) is 0 Å². The summed E-state index contributed by atoms with van der Waals surface area (Å²) in [5, 5.41) is 22.2. The molecule has 1 aromatic carbocycles. The van der Waals surface area contributed by atoms with E-state index in [1.165, 1.54) is 0 Å². The second kappa shape index (κ2) is 5.87. The van der Waals surface area contributed by atoms with Crippen molar-refractivity contribution in [1.82, 2.24) is 5.32 Å². The van der Waals surface area contributed by atoms with Crippen LogP contribution >= 0.6 is 11.6 Å². The molecule has 1 unspecified atom stereocenters. The van der Waals surface area contributed by atoms with Gasteiger partial charge in [-0.1, -0.05) is 31.5 Å². The van der Waals surface area contributed by atoms with Gasteiger partial charge in [-0.15, -0.1) is 0 Å². The summed E-state index contributed by atoms with van der Waals surface area (Å²) in [7, 11) is 0. The van der Waals surface area contributed by atoms with Crippen LogP contribution in [0.25, 0.3) is 0 Å². The summed E-state index contributed by atoms with van der Waals surface area (Å²) in [6.07, 6.45) is -0.752. The van der Waals surface area contributed by atoms with E-state index in [2.05, 4.69) is 5.32 Å². The molecule has 0 fully saturated rings. The normalized spacial score (nSPS) is 12.5. The van der Waals surface area contributed by atoms with E-state index >= 15 is 0 Å². The van der Waals surface area contributed by atoms with E-state index in [4.69, 9.17) is 22.6 Å². The number of aliphatic hydroxyl groups is 1. The lowest BCUT2D eigenvalue weighted by molar-refractivity contribution is 0.171. The molecule has 1 atom stereocenters. The number of anilines is 1. The molecule has 0 aromatic heterocycles. The predicted molar refractivity (Wildman–Crippen MR) is 68.7 cm³/mol. The van der Waals surface area contributed by atoms with Crippen molar-refractivity contribution in [2.75, 3.05) is 12.3 Å². The van der Waals surface area contributed by atoms with Crippen molar-refractivity contribution in [3.63, 3.8) is 0 Å². The van der Waals surface area contributed by atoms with Gasteiger partial charge in [0.2, 0.25) is 0 Å². The quantitative estimate of drug-likeness (QED) is 0.715. The molecule has 0 bridgehead atoms. The lowest BCUT2D eigenvalue weighted by Gasteiger charge is -2.16. The highest BCUT2D eigenvalue weighted by atomic mass is 35.5. The third kappa shape index (κ3) is 3.34. The first-order valence-electron chi connectivity index (χ1n) is 5.36. The van der Waals surface area contributed by atoms with Gasteiger partial charge in [0.05, 0.1) is 22.4 Å². The van der Waals surface area contributed by atoms with Crippen molar-refractivity contribution in [3.8, 4) is 6.07 Å². The van der Waals surface area contributed by atoms with Gasteiger partial charge >= 0.3 is 0 Å². The fourth-order valence-electron chi connectivity index (χ4n) is 1.44. The number of nitrogens with zero attached hydrogens (tertiary/aromatic N) is 1. The average Bonchev–Trinajstić information content (AvgIpc) is 2.26. The largest absolute Gasteiger partial charge is 0.398 e. The number of nitriles is 1. The molecule has 0 heterocycles. The Labute approximate surface area is 106 Å². The molecular weight excluding hydrogens is 238 g/mol. The van der Waals surface area contributed by atoms with Crippen molar-refractivity contribution >= 4 is 17.3 Å². The van der Waals surface area contributed by atoms with E-state index in [0.717, 1.165) is 0 Å². The Hall–Kier alpha value is -1.28. The number of halogens is 1. The molecule has 4 N–H and O–H groups in total. The summed E-state index contributed by atoms with van der Waals surface area (Å²) >= 11 is 6.03. The minimum absolute atomic E-state index is 0.216. The number of nitrogens with one attached hydrogen (secondary N) is 1. The van der Waals surface area contributed by atoms with E-state index in [9.17, 15) is 5.11 Å². The molecule has 0 saturated carbocycles. The van der Waals surface area contributed by atoms with E-state index in [-0.39, 0.29) is 16.6 Å². The highest BCUT2D eigenvalue weighted by Gasteiger charge is 2.16. The Balaban J connectivity index is 2.96. The fourth-order valence-corrected chi connectivity index (χ4v) is 1.78. The zero-order valence-corrected chi connectivity index (χ0v) is 10.6. The SMILES string of the molecule is CC(C)NCC(O)c1ccc(N)c(C#N)c1Cl. The van der Waals surface area contributed by atoms with Gasteiger partial charge in [-0.05, 0) is 6.07 Å². The van der Waals surface area contributed by atoms with Crippen LogP contribution in [-0.2, 0) is 0 Å². The maximum absolute atomic E-state index is 9.96. The Morgan fingerprint density at radius 3 is 2.71 bits per heavy atom. The van der Waals surface area contributed by atoms with Crippen LogP contribution in [0.4, 0.5) is 5.69 Å². The lowest BCUT2D eigenvalue weighted by atomic mass is 10.0. The molecule has 0 spiro atoms. The molecule has 5 heteroatoms. The van der Waals surface area contributed by atoms with Crippen LogP contribution in [-0.4, -0.2) is 17.7 Å². The molecule has 0 aliphatic heterocycles. The summed E-state index contributed by atoms with van der Waals surface area (Å²) in [5.74, 6) is 0. The molecule has 0 radical (unpaired) electrons. The molecular formula is C12H16ClN3O. The lowest BCUT2D eigenvalue weighted by Crippen LogP contribution is -2.28. The van der Waals surface area contributed by atoms with Crippen LogP contribution in [0.15, 0.2) is 12.1 Å². The number of aliphatic hydroxyl groups excluding tert-OH is 1. The number of nitrogen functional groups attached to an aromatic ring is 1. The molecule has 0 aliphatic carbocycles. The summed E-state index contributed by atoms with van der Waals surface area (Å²) in [4.78, 5) is 0.